The molecule has 1 spiro atoms. The van der Waals surface area contributed by atoms with E-state index in [1.807, 2.05) is 51.1 Å². The van der Waals surface area contributed by atoms with Gasteiger partial charge in [-0.3, -0.25) is 0 Å². The lowest BCUT2D eigenvalue weighted by Gasteiger charge is -2.40. The number of rotatable bonds is 3. The van der Waals surface area contributed by atoms with Crippen molar-refractivity contribution in [3.8, 4) is 0 Å². The molecule has 0 bridgehead atoms. The maximum atomic E-state index is 14.2. The molecule has 1 atom stereocenters. The number of nitrogens with zero attached hydrogens (tertiary/aromatic N) is 1. The average molecular weight is 455 g/mol. The third kappa shape index (κ3) is 5.29. The Balaban J connectivity index is 1.44. The number of nitrogens with one attached hydrogen (secondary N) is 1. The lowest BCUT2D eigenvalue weighted by Crippen LogP contribution is -2.46. The first-order valence-corrected chi connectivity index (χ1v) is 11.4. The standard InChI is InChI=1S/C26H31FN2O4/c1-25(2,3)33-24(31)29-13-11-26(12-14-29)16-22(20-10-9-19(27)15-21(20)26)28-23(30)32-17-18-7-5-4-6-8-18/h4-10,15,22H,11-14,16-17H2,1-3H3,(H,28,30). The minimum atomic E-state index is -0.551. The largest absolute Gasteiger partial charge is 0.445 e. The number of likely N-dealkylation sites (tertiary alicyclic amines) is 1. The summed E-state index contributed by atoms with van der Waals surface area (Å²) in [4.78, 5) is 26.7. The Kier molecular flexibility index (Phi) is 6.32. The number of ether oxygens (including phenoxy) is 2. The van der Waals surface area contributed by atoms with E-state index in [2.05, 4.69) is 5.32 Å². The van der Waals surface area contributed by atoms with Crippen LogP contribution in [0.1, 0.15) is 62.8 Å². The van der Waals surface area contributed by atoms with E-state index in [4.69, 9.17) is 9.47 Å². The van der Waals surface area contributed by atoms with Crippen LogP contribution in [-0.2, 0) is 21.5 Å². The second-order valence-electron chi connectivity index (χ2n) is 9.94. The Bertz CT molecular complexity index is 1010. The van der Waals surface area contributed by atoms with Crippen LogP contribution in [-0.4, -0.2) is 35.8 Å². The van der Waals surface area contributed by atoms with E-state index in [0.29, 0.717) is 32.4 Å². The zero-order chi connectivity index (χ0) is 23.6. The molecule has 4 rings (SSSR count). The molecule has 2 aromatic rings. The smallest absolute Gasteiger partial charge is 0.410 e. The molecule has 1 unspecified atom stereocenters. The van der Waals surface area contributed by atoms with Crippen molar-refractivity contribution in [2.45, 2.75) is 63.7 Å². The second-order valence-corrected chi connectivity index (χ2v) is 9.94. The third-order valence-corrected chi connectivity index (χ3v) is 6.43. The van der Waals surface area contributed by atoms with Gasteiger partial charge in [0, 0.05) is 18.5 Å². The average Bonchev–Trinajstić information content (AvgIpc) is 3.04. The van der Waals surface area contributed by atoms with Crippen molar-refractivity contribution in [3.63, 3.8) is 0 Å². The van der Waals surface area contributed by atoms with Gasteiger partial charge in [-0.2, -0.15) is 0 Å². The monoisotopic (exact) mass is 454 g/mol. The number of halogens is 1. The molecule has 0 radical (unpaired) electrons. The van der Waals surface area contributed by atoms with Gasteiger partial charge in [0.25, 0.3) is 0 Å². The molecule has 1 N–H and O–H groups in total. The fourth-order valence-corrected chi connectivity index (χ4v) is 4.86. The number of hydrogen-bond donors (Lipinski definition) is 1. The molecular formula is C26H31FN2O4. The summed E-state index contributed by atoms with van der Waals surface area (Å²) in [6.07, 6.45) is 1.19. The molecule has 1 saturated heterocycles. The summed E-state index contributed by atoms with van der Waals surface area (Å²) in [5.41, 5.74) is 1.89. The van der Waals surface area contributed by atoms with Gasteiger partial charge in [0.05, 0.1) is 6.04 Å². The minimum absolute atomic E-state index is 0.186. The van der Waals surface area contributed by atoms with Crippen LogP contribution in [0.2, 0.25) is 0 Å². The van der Waals surface area contributed by atoms with Gasteiger partial charge in [0.2, 0.25) is 0 Å². The number of carbonyl (C=O) groups excluding carboxylic acids is 2. The molecular weight excluding hydrogens is 423 g/mol. The van der Waals surface area contributed by atoms with E-state index in [-0.39, 0.29) is 30.0 Å². The zero-order valence-corrected chi connectivity index (χ0v) is 19.4. The fourth-order valence-electron chi connectivity index (χ4n) is 4.86. The summed E-state index contributed by atoms with van der Waals surface area (Å²) in [5, 5.41) is 2.97. The summed E-state index contributed by atoms with van der Waals surface area (Å²) < 4.78 is 25.1. The highest BCUT2D eigenvalue weighted by Crippen LogP contribution is 2.51. The maximum Gasteiger partial charge on any atom is 0.410 e. The van der Waals surface area contributed by atoms with E-state index in [9.17, 15) is 14.0 Å². The van der Waals surface area contributed by atoms with Crippen molar-refractivity contribution in [3.05, 3.63) is 71.0 Å². The number of carbonyl (C=O) groups is 2. The van der Waals surface area contributed by atoms with Crippen LogP contribution in [0.25, 0.3) is 0 Å². The molecule has 2 amide bonds. The Labute approximate surface area is 194 Å². The van der Waals surface area contributed by atoms with Gasteiger partial charge in [-0.25, -0.2) is 14.0 Å². The molecule has 0 saturated carbocycles. The summed E-state index contributed by atoms with van der Waals surface area (Å²) in [7, 11) is 0. The third-order valence-electron chi connectivity index (χ3n) is 6.43. The first kappa shape index (κ1) is 23.1. The van der Waals surface area contributed by atoms with Gasteiger partial charge >= 0.3 is 12.2 Å². The van der Waals surface area contributed by atoms with Crippen LogP contribution in [0.15, 0.2) is 48.5 Å². The first-order valence-electron chi connectivity index (χ1n) is 11.4. The predicted molar refractivity (Wildman–Crippen MR) is 122 cm³/mol. The van der Waals surface area contributed by atoms with E-state index in [1.54, 1.807) is 17.0 Å². The Hall–Kier alpha value is -3.09. The number of fused-ring (bicyclic) bond motifs is 2. The maximum absolute atomic E-state index is 14.2. The van der Waals surface area contributed by atoms with Crippen molar-refractivity contribution < 1.29 is 23.5 Å². The summed E-state index contributed by atoms with van der Waals surface area (Å²) in [6, 6.07) is 14.0. The molecule has 2 aliphatic rings. The number of benzene rings is 2. The molecule has 7 heteroatoms. The van der Waals surface area contributed by atoms with Crippen molar-refractivity contribution in [1.29, 1.82) is 0 Å². The summed E-state index contributed by atoms with van der Waals surface area (Å²) in [6.45, 7) is 6.77. The molecule has 33 heavy (non-hydrogen) atoms. The lowest BCUT2D eigenvalue weighted by molar-refractivity contribution is 0.0161. The molecule has 176 valence electrons. The van der Waals surface area contributed by atoms with Crippen molar-refractivity contribution in [2.24, 2.45) is 0 Å². The van der Waals surface area contributed by atoms with Crippen molar-refractivity contribution in [2.75, 3.05) is 13.1 Å². The Morgan fingerprint density at radius 1 is 1.12 bits per heavy atom. The van der Waals surface area contributed by atoms with Crippen LogP contribution in [0.5, 0.6) is 0 Å². The number of hydrogen-bond acceptors (Lipinski definition) is 4. The van der Waals surface area contributed by atoms with E-state index < -0.39 is 11.7 Å². The molecule has 1 fully saturated rings. The van der Waals surface area contributed by atoms with Gasteiger partial charge in [-0.05, 0) is 68.9 Å². The zero-order valence-electron chi connectivity index (χ0n) is 19.4. The van der Waals surface area contributed by atoms with Crippen LogP contribution in [0.3, 0.4) is 0 Å². The van der Waals surface area contributed by atoms with Gasteiger partial charge in [0.1, 0.15) is 18.0 Å². The van der Waals surface area contributed by atoms with Gasteiger partial charge in [-0.15, -0.1) is 0 Å². The lowest BCUT2D eigenvalue weighted by atomic mass is 9.73. The number of piperidine rings is 1. The Morgan fingerprint density at radius 2 is 1.82 bits per heavy atom. The van der Waals surface area contributed by atoms with Crippen molar-refractivity contribution in [1.82, 2.24) is 10.2 Å². The second kappa shape index (κ2) is 9.04. The normalized spacial score (nSPS) is 19.2. The summed E-state index contributed by atoms with van der Waals surface area (Å²) in [5.74, 6) is -0.296. The fraction of sp³-hybridized carbons (Fsp3) is 0.462. The Morgan fingerprint density at radius 3 is 2.48 bits per heavy atom. The predicted octanol–water partition coefficient (Wildman–Crippen LogP) is 5.47. The van der Waals surface area contributed by atoms with Gasteiger partial charge < -0.3 is 19.7 Å². The quantitative estimate of drug-likeness (QED) is 0.668. The molecule has 1 aliphatic heterocycles. The highest BCUT2D eigenvalue weighted by Gasteiger charge is 2.47. The SMILES string of the molecule is CC(C)(C)OC(=O)N1CCC2(CC1)CC(NC(=O)OCc1ccccc1)c1ccc(F)cc12. The van der Waals surface area contributed by atoms with E-state index >= 15 is 0 Å². The van der Waals surface area contributed by atoms with Crippen LogP contribution in [0.4, 0.5) is 14.0 Å². The molecule has 2 aromatic carbocycles. The number of alkyl carbamates (subject to hydrolysis) is 1. The van der Waals surface area contributed by atoms with Crippen molar-refractivity contribution >= 4 is 12.2 Å². The van der Waals surface area contributed by atoms with Crippen LogP contribution < -0.4 is 5.32 Å². The molecule has 1 aliphatic carbocycles. The van der Waals surface area contributed by atoms with E-state index in [1.165, 1.54) is 6.07 Å². The van der Waals surface area contributed by atoms with E-state index in [0.717, 1.165) is 16.7 Å². The van der Waals surface area contributed by atoms with Gasteiger partial charge in [0.15, 0.2) is 0 Å². The topological polar surface area (TPSA) is 67.9 Å². The minimum Gasteiger partial charge on any atom is -0.445 e. The first-order chi connectivity index (χ1) is 15.7. The molecule has 1 heterocycles. The summed E-state index contributed by atoms with van der Waals surface area (Å²) >= 11 is 0. The number of amides is 2. The highest BCUT2D eigenvalue weighted by atomic mass is 19.1. The van der Waals surface area contributed by atoms with Gasteiger partial charge in [-0.1, -0.05) is 36.4 Å². The van der Waals surface area contributed by atoms with Crippen LogP contribution >= 0.6 is 0 Å². The highest BCUT2D eigenvalue weighted by molar-refractivity contribution is 5.69. The van der Waals surface area contributed by atoms with Crippen LogP contribution in [0, 0.1) is 5.82 Å². The molecule has 6 nitrogen and oxygen atoms in total. The molecule has 0 aromatic heterocycles.